The highest BCUT2D eigenvalue weighted by atomic mass is 32.2. The molecule has 1 atom stereocenters. The van der Waals surface area contributed by atoms with Gasteiger partial charge < -0.3 is 9.80 Å². The van der Waals surface area contributed by atoms with Gasteiger partial charge in [-0.2, -0.15) is 4.31 Å². The standard InChI is InChI=1S/C19H26N4O3S3/c1-27-14-6-7-15-17(13-14)28-19(20-15)22-11-9-21(10-12-22)18(24)16-5-3-4-8-23(16)29(2,25)26/h6-7,13,16H,3-5,8-12H2,1-2H3. The first-order valence-corrected chi connectivity index (χ1v) is 13.7. The van der Waals surface area contributed by atoms with Crippen LogP contribution in [0.25, 0.3) is 10.2 Å². The maximum Gasteiger partial charge on any atom is 0.241 e. The number of rotatable bonds is 4. The van der Waals surface area contributed by atoms with Gasteiger partial charge in [0.1, 0.15) is 6.04 Å². The first-order valence-electron chi connectivity index (χ1n) is 9.82. The molecule has 0 radical (unpaired) electrons. The molecule has 2 fully saturated rings. The zero-order chi connectivity index (χ0) is 20.6. The van der Waals surface area contributed by atoms with E-state index in [-0.39, 0.29) is 5.91 Å². The van der Waals surface area contributed by atoms with Crippen molar-refractivity contribution in [3.63, 3.8) is 0 Å². The van der Waals surface area contributed by atoms with E-state index < -0.39 is 16.1 Å². The number of fused-ring (bicyclic) bond motifs is 1. The van der Waals surface area contributed by atoms with Gasteiger partial charge in [-0.15, -0.1) is 11.8 Å². The highest BCUT2D eigenvalue weighted by molar-refractivity contribution is 7.98. The molecule has 2 saturated heterocycles. The third-order valence-corrected chi connectivity index (χ3v) is 8.70. The number of carbonyl (C=O) groups excluding carboxylic acids is 1. The number of hydrogen-bond acceptors (Lipinski definition) is 7. The Labute approximate surface area is 180 Å². The van der Waals surface area contributed by atoms with Gasteiger partial charge in [-0.25, -0.2) is 13.4 Å². The van der Waals surface area contributed by atoms with E-state index in [1.54, 1.807) is 23.1 Å². The SMILES string of the molecule is CSc1ccc2nc(N3CCN(C(=O)C4CCCCN4S(C)(=O)=O)CC3)sc2c1. The van der Waals surface area contributed by atoms with Crippen molar-refractivity contribution in [3.8, 4) is 0 Å². The van der Waals surface area contributed by atoms with E-state index in [1.165, 1.54) is 20.2 Å². The molecule has 1 amide bonds. The van der Waals surface area contributed by atoms with Gasteiger partial charge in [0.2, 0.25) is 15.9 Å². The third-order valence-electron chi connectivity index (χ3n) is 5.61. The van der Waals surface area contributed by atoms with E-state index in [4.69, 9.17) is 4.98 Å². The molecule has 0 bridgehead atoms. The zero-order valence-electron chi connectivity index (χ0n) is 16.7. The Morgan fingerprint density at radius 3 is 2.62 bits per heavy atom. The Kier molecular flexibility index (Phi) is 6.06. The molecule has 29 heavy (non-hydrogen) atoms. The fraction of sp³-hybridized carbons (Fsp3) is 0.579. The third kappa shape index (κ3) is 4.40. The van der Waals surface area contributed by atoms with Crippen molar-refractivity contribution in [1.82, 2.24) is 14.2 Å². The fourth-order valence-electron chi connectivity index (χ4n) is 4.03. The zero-order valence-corrected chi connectivity index (χ0v) is 19.2. The number of piperazine rings is 1. The van der Waals surface area contributed by atoms with Crippen LogP contribution < -0.4 is 4.90 Å². The largest absolute Gasteiger partial charge is 0.345 e. The fourth-order valence-corrected chi connectivity index (χ4v) is 6.72. The Balaban J connectivity index is 1.43. The lowest BCUT2D eigenvalue weighted by Crippen LogP contribution is -2.57. The van der Waals surface area contributed by atoms with Crippen LogP contribution in [0.2, 0.25) is 0 Å². The van der Waals surface area contributed by atoms with Crippen LogP contribution in [-0.4, -0.2) is 79.8 Å². The number of sulfonamides is 1. The highest BCUT2D eigenvalue weighted by Gasteiger charge is 2.37. The van der Waals surface area contributed by atoms with Crippen LogP contribution in [0.3, 0.4) is 0 Å². The van der Waals surface area contributed by atoms with Crippen LogP contribution in [0.4, 0.5) is 5.13 Å². The minimum absolute atomic E-state index is 0.0521. The monoisotopic (exact) mass is 454 g/mol. The van der Waals surface area contributed by atoms with Gasteiger partial charge in [0.05, 0.1) is 16.5 Å². The maximum atomic E-state index is 13.1. The average Bonchev–Trinajstić information content (AvgIpc) is 3.16. The molecule has 0 N–H and O–H groups in total. The van der Waals surface area contributed by atoms with E-state index in [9.17, 15) is 13.2 Å². The summed E-state index contributed by atoms with van der Waals surface area (Å²) < 4.78 is 26.7. The molecule has 0 spiro atoms. The van der Waals surface area contributed by atoms with Crippen LogP contribution in [-0.2, 0) is 14.8 Å². The van der Waals surface area contributed by atoms with Crippen LogP contribution in [0.5, 0.6) is 0 Å². The molecular weight excluding hydrogens is 428 g/mol. The molecular formula is C19H26N4O3S3. The Bertz CT molecular complexity index is 999. The number of nitrogens with zero attached hydrogens (tertiary/aromatic N) is 4. The van der Waals surface area contributed by atoms with Crippen molar-refractivity contribution in [1.29, 1.82) is 0 Å². The summed E-state index contributed by atoms with van der Waals surface area (Å²) in [4.78, 5) is 23.1. The molecule has 1 aromatic carbocycles. The second kappa shape index (κ2) is 8.41. The second-order valence-corrected chi connectivity index (χ2v) is 11.4. The number of anilines is 1. The smallest absolute Gasteiger partial charge is 0.241 e. The van der Waals surface area contributed by atoms with E-state index >= 15 is 0 Å². The Morgan fingerprint density at radius 2 is 1.93 bits per heavy atom. The Hall–Kier alpha value is -1.36. The van der Waals surface area contributed by atoms with Gasteiger partial charge in [0, 0.05) is 37.6 Å². The van der Waals surface area contributed by atoms with E-state index in [0.29, 0.717) is 39.1 Å². The molecule has 158 valence electrons. The lowest BCUT2D eigenvalue weighted by atomic mass is 10.0. The van der Waals surface area contributed by atoms with Gasteiger partial charge in [-0.05, 0) is 37.3 Å². The number of hydrogen-bond donors (Lipinski definition) is 0. The van der Waals surface area contributed by atoms with Crippen LogP contribution in [0.15, 0.2) is 23.1 Å². The van der Waals surface area contributed by atoms with Gasteiger partial charge in [-0.1, -0.05) is 17.8 Å². The summed E-state index contributed by atoms with van der Waals surface area (Å²) in [7, 11) is -3.37. The molecule has 4 rings (SSSR count). The van der Waals surface area contributed by atoms with E-state index in [0.717, 1.165) is 23.5 Å². The summed E-state index contributed by atoms with van der Waals surface area (Å²) >= 11 is 3.41. The first kappa shape index (κ1) is 20.9. The number of aromatic nitrogens is 1. The van der Waals surface area contributed by atoms with Gasteiger partial charge in [0.15, 0.2) is 5.13 Å². The number of thioether (sulfide) groups is 1. The number of benzene rings is 1. The molecule has 1 aromatic heterocycles. The summed E-state index contributed by atoms with van der Waals surface area (Å²) in [6, 6.07) is 5.77. The van der Waals surface area contributed by atoms with Gasteiger partial charge in [-0.3, -0.25) is 4.79 Å². The van der Waals surface area contributed by atoms with Crippen molar-refractivity contribution in [2.24, 2.45) is 0 Å². The molecule has 7 nitrogen and oxygen atoms in total. The van der Waals surface area contributed by atoms with Crippen LogP contribution in [0.1, 0.15) is 19.3 Å². The van der Waals surface area contributed by atoms with Gasteiger partial charge >= 0.3 is 0 Å². The number of amides is 1. The summed E-state index contributed by atoms with van der Waals surface area (Å²) in [5.74, 6) is -0.0521. The molecule has 3 heterocycles. The molecule has 2 aromatic rings. The summed E-state index contributed by atoms with van der Waals surface area (Å²) in [6.07, 6.45) is 5.59. The Morgan fingerprint density at radius 1 is 1.17 bits per heavy atom. The van der Waals surface area contributed by atoms with E-state index in [2.05, 4.69) is 29.4 Å². The van der Waals surface area contributed by atoms with Gasteiger partial charge in [0.25, 0.3) is 0 Å². The minimum Gasteiger partial charge on any atom is -0.345 e. The normalized spacial score (nSPS) is 21.7. The summed E-state index contributed by atoms with van der Waals surface area (Å²) in [5.41, 5.74) is 1.01. The number of carbonyl (C=O) groups is 1. The van der Waals surface area contributed by atoms with Crippen molar-refractivity contribution in [3.05, 3.63) is 18.2 Å². The lowest BCUT2D eigenvalue weighted by Gasteiger charge is -2.39. The first-order chi connectivity index (χ1) is 13.9. The number of piperidine rings is 1. The number of thiazole rings is 1. The average molecular weight is 455 g/mol. The second-order valence-electron chi connectivity index (χ2n) is 7.53. The highest BCUT2D eigenvalue weighted by Crippen LogP contribution is 2.32. The minimum atomic E-state index is -3.37. The van der Waals surface area contributed by atoms with Crippen LogP contribution >= 0.6 is 23.1 Å². The maximum absolute atomic E-state index is 13.1. The summed E-state index contributed by atoms with van der Waals surface area (Å²) in [5, 5.41) is 0.987. The molecule has 0 saturated carbocycles. The van der Waals surface area contributed by atoms with E-state index in [1.807, 2.05) is 4.90 Å². The van der Waals surface area contributed by atoms with Crippen LogP contribution in [0, 0.1) is 0 Å². The van der Waals surface area contributed by atoms with Crippen molar-refractivity contribution < 1.29 is 13.2 Å². The molecule has 0 aliphatic carbocycles. The predicted molar refractivity (Wildman–Crippen MR) is 119 cm³/mol. The quantitative estimate of drug-likeness (QED) is 0.661. The molecule has 1 unspecified atom stereocenters. The molecule has 2 aliphatic heterocycles. The molecule has 10 heteroatoms. The molecule has 2 aliphatic rings. The van der Waals surface area contributed by atoms with Crippen molar-refractivity contribution in [2.75, 3.05) is 50.1 Å². The summed E-state index contributed by atoms with van der Waals surface area (Å²) in [6.45, 7) is 3.07. The lowest BCUT2D eigenvalue weighted by molar-refractivity contribution is -0.136. The topological polar surface area (TPSA) is 73.8 Å². The predicted octanol–water partition coefficient (Wildman–Crippen LogP) is 2.48. The van der Waals surface area contributed by atoms with Crippen molar-refractivity contribution in [2.45, 2.75) is 30.2 Å². The van der Waals surface area contributed by atoms with Crippen molar-refractivity contribution >= 4 is 54.4 Å².